The van der Waals surface area contributed by atoms with Crippen LogP contribution in [-0.2, 0) is 6.42 Å². The summed E-state index contributed by atoms with van der Waals surface area (Å²) in [5, 5.41) is 0. The summed E-state index contributed by atoms with van der Waals surface area (Å²) in [5.74, 6) is 0. The van der Waals surface area contributed by atoms with Gasteiger partial charge in [0.15, 0.2) is 0 Å². The fraction of sp³-hybridized carbons (Fsp3) is 0.200. The van der Waals surface area contributed by atoms with Crippen LogP contribution in [0.4, 0.5) is 0 Å². The predicted molar refractivity (Wildman–Crippen MR) is 69.3 cm³/mol. The van der Waals surface area contributed by atoms with Crippen LogP contribution in [0, 0.1) is 0 Å². The quantitative estimate of drug-likeness (QED) is 0.825. The van der Waals surface area contributed by atoms with E-state index in [4.69, 9.17) is 5.73 Å². The molecule has 0 fully saturated rings. The normalized spacial score (nSPS) is 10.3. The first-order valence-corrected chi connectivity index (χ1v) is 5.75. The molecule has 2 rings (SSSR count). The smallest absolute Gasteiger partial charge is 0.00741 e. The summed E-state index contributed by atoms with van der Waals surface area (Å²) in [6.07, 6.45) is 2.10. The van der Waals surface area contributed by atoms with Crippen LogP contribution in [0.15, 0.2) is 54.6 Å². The molecule has 0 aromatic heterocycles. The molecule has 2 aromatic rings. The van der Waals surface area contributed by atoms with Gasteiger partial charge in [-0.1, -0.05) is 54.6 Å². The van der Waals surface area contributed by atoms with Crippen LogP contribution in [-0.4, -0.2) is 6.54 Å². The van der Waals surface area contributed by atoms with Gasteiger partial charge in [0.2, 0.25) is 0 Å². The molecule has 0 bridgehead atoms. The Balaban J connectivity index is 2.33. The van der Waals surface area contributed by atoms with Crippen LogP contribution in [0.2, 0.25) is 0 Å². The number of benzene rings is 2. The zero-order chi connectivity index (χ0) is 11.2. The Bertz CT molecular complexity index is 434. The Hall–Kier alpha value is -1.60. The van der Waals surface area contributed by atoms with E-state index in [1.165, 1.54) is 16.7 Å². The number of hydrogen-bond acceptors (Lipinski definition) is 1. The third-order valence-corrected chi connectivity index (χ3v) is 2.75. The Morgan fingerprint density at radius 2 is 1.50 bits per heavy atom. The number of nitrogens with two attached hydrogens (primary N) is 1. The van der Waals surface area contributed by atoms with Gasteiger partial charge in [0.1, 0.15) is 0 Å². The van der Waals surface area contributed by atoms with Crippen molar-refractivity contribution in [3.05, 3.63) is 60.2 Å². The predicted octanol–water partition coefficient (Wildman–Crippen LogP) is 3.24. The molecule has 0 spiro atoms. The fourth-order valence-corrected chi connectivity index (χ4v) is 1.93. The SMILES string of the molecule is NCCCc1ccccc1-c1ccccc1. The highest BCUT2D eigenvalue weighted by Gasteiger charge is 2.02. The zero-order valence-corrected chi connectivity index (χ0v) is 9.39. The number of aryl methyl sites for hydroxylation is 1. The molecule has 0 amide bonds. The lowest BCUT2D eigenvalue weighted by Crippen LogP contribution is -2.01. The van der Waals surface area contributed by atoms with Crippen LogP contribution in [0.25, 0.3) is 11.1 Å². The second-order valence-electron chi connectivity index (χ2n) is 3.92. The molecule has 1 nitrogen and oxygen atoms in total. The van der Waals surface area contributed by atoms with Crippen molar-refractivity contribution < 1.29 is 0 Å². The molecule has 16 heavy (non-hydrogen) atoms. The summed E-state index contributed by atoms with van der Waals surface area (Å²) in [7, 11) is 0. The molecule has 2 N–H and O–H groups in total. The Labute approximate surface area is 96.9 Å². The molecule has 2 aromatic carbocycles. The van der Waals surface area contributed by atoms with E-state index in [9.17, 15) is 0 Å². The lowest BCUT2D eigenvalue weighted by molar-refractivity contribution is 0.834. The highest BCUT2D eigenvalue weighted by molar-refractivity contribution is 5.67. The van der Waals surface area contributed by atoms with Gasteiger partial charge in [-0.2, -0.15) is 0 Å². The average Bonchev–Trinajstić information content (AvgIpc) is 2.38. The van der Waals surface area contributed by atoms with Crippen molar-refractivity contribution in [2.24, 2.45) is 5.73 Å². The largest absolute Gasteiger partial charge is 0.330 e. The molecular formula is C15H17N. The van der Waals surface area contributed by atoms with E-state index in [1.54, 1.807) is 0 Å². The van der Waals surface area contributed by atoms with Crippen molar-refractivity contribution in [2.45, 2.75) is 12.8 Å². The van der Waals surface area contributed by atoms with Crippen molar-refractivity contribution in [3.8, 4) is 11.1 Å². The Kier molecular flexibility index (Phi) is 3.73. The highest BCUT2D eigenvalue weighted by atomic mass is 14.5. The van der Waals surface area contributed by atoms with Gasteiger partial charge in [0.25, 0.3) is 0 Å². The molecular weight excluding hydrogens is 194 g/mol. The topological polar surface area (TPSA) is 26.0 Å². The first kappa shape index (κ1) is 10.9. The van der Waals surface area contributed by atoms with E-state index in [-0.39, 0.29) is 0 Å². The molecule has 1 heteroatoms. The Morgan fingerprint density at radius 3 is 2.25 bits per heavy atom. The molecule has 0 saturated heterocycles. The van der Waals surface area contributed by atoms with E-state index < -0.39 is 0 Å². The zero-order valence-electron chi connectivity index (χ0n) is 9.39. The van der Waals surface area contributed by atoms with Gasteiger partial charge in [-0.15, -0.1) is 0 Å². The van der Waals surface area contributed by atoms with Gasteiger partial charge in [0.05, 0.1) is 0 Å². The minimum atomic E-state index is 0.753. The van der Waals surface area contributed by atoms with Crippen LogP contribution in [0.3, 0.4) is 0 Å². The van der Waals surface area contributed by atoms with Crippen molar-refractivity contribution in [3.63, 3.8) is 0 Å². The lowest BCUT2D eigenvalue weighted by atomic mass is 9.97. The summed E-state index contributed by atoms with van der Waals surface area (Å²) in [6.45, 7) is 0.753. The van der Waals surface area contributed by atoms with Gasteiger partial charge >= 0.3 is 0 Å². The summed E-state index contributed by atoms with van der Waals surface area (Å²) in [6, 6.07) is 19.1. The molecule has 0 unspecified atom stereocenters. The molecule has 0 atom stereocenters. The number of hydrogen-bond donors (Lipinski definition) is 1. The standard InChI is InChI=1S/C15H17N/c16-12-6-10-14-9-4-5-11-15(14)13-7-2-1-3-8-13/h1-5,7-9,11H,6,10,12,16H2. The van der Waals surface area contributed by atoms with E-state index >= 15 is 0 Å². The van der Waals surface area contributed by atoms with Crippen LogP contribution in [0.5, 0.6) is 0 Å². The van der Waals surface area contributed by atoms with E-state index in [2.05, 4.69) is 48.5 Å². The maximum Gasteiger partial charge on any atom is -0.00741 e. The summed E-state index contributed by atoms with van der Waals surface area (Å²) in [5.41, 5.74) is 9.57. The van der Waals surface area contributed by atoms with Crippen LogP contribution >= 0.6 is 0 Å². The lowest BCUT2D eigenvalue weighted by Gasteiger charge is -2.08. The summed E-state index contributed by atoms with van der Waals surface area (Å²) >= 11 is 0. The Morgan fingerprint density at radius 1 is 0.812 bits per heavy atom. The van der Waals surface area contributed by atoms with Gasteiger partial charge in [0, 0.05) is 0 Å². The van der Waals surface area contributed by atoms with Crippen LogP contribution < -0.4 is 5.73 Å². The second-order valence-corrected chi connectivity index (χ2v) is 3.92. The highest BCUT2D eigenvalue weighted by Crippen LogP contribution is 2.24. The molecule has 82 valence electrons. The number of rotatable bonds is 4. The fourth-order valence-electron chi connectivity index (χ4n) is 1.93. The van der Waals surface area contributed by atoms with E-state index in [0.717, 1.165) is 19.4 Å². The van der Waals surface area contributed by atoms with E-state index in [1.807, 2.05) is 6.07 Å². The minimum absolute atomic E-state index is 0.753. The first-order valence-electron chi connectivity index (χ1n) is 5.75. The van der Waals surface area contributed by atoms with Crippen molar-refractivity contribution in [2.75, 3.05) is 6.54 Å². The maximum atomic E-state index is 5.57. The minimum Gasteiger partial charge on any atom is -0.330 e. The van der Waals surface area contributed by atoms with Gasteiger partial charge < -0.3 is 5.73 Å². The van der Waals surface area contributed by atoms with Crippen LogP contribution in [0.1, 0.15) is 12.0 Å². The molecule has 0 heterocycles. The summed E-state index contributed by atoms with van der Waals surface area (Å²) in [4.78, 5) is 0. The molecule has 0 aliphatic rings. The van der Waals surface area contributed by atoms with Crippen molar-refractivity contribution in [1.29, 1.82) is 0 Å². The van der Waals surface area contributed by atoms with Crippen molar-refractivity contribution in [1.82, 2.24) is 0 Å². The first-order chi connectivity index (χ1) is 7.92. The third kappa shape index (κ3) is 2.50. The van der Waals surface area contributed by atoms with Gasteiger partial charge in [-0.25, -0.2) is 0 Å². The molecule has 0 saturated carbocycles. The summed E-state index contributed by atoms with van der Waals surface area (Å²) < 4.78 is 0. The second kappa shape index (κ2) is 5.47. The van der Waals surface area contributed by atoms with E-state index in [0.29, 0.717) is 0 Å². The molecule has 0 radical (unpaired) electrons. The molecule has 0 aliphatic heterocycles. The molecule has 0 aliphatic carbocycles. The average molecular weight is 211 g/mol. The monoisotopic (exact) mass is 211 g/mol. The van der Waals surface area contributed by atoms with Gasteiger partial charge in [-0.05, 0) is 36.1 Å². The maximum absolute atomic E-state index is 5.57. The van der Waals surface area contributed by atoms with Gasteiger partial charge in [-0.3, -0.25) is 0 Å². The van der Waals surface area contributed by atoms with Crippen molar-refractivity contribution >= 4 is 0 Å². The third-order valence-electron chi connectivity index (χ3n) is 2.75.